The molecule has 2 atom stereocenters. The van der Waals surface area contributed by atoms with E-state index >= 15 is 0 Å². The fourth-order valence-electron chi connectivity index (χ4n) is 4.18. The number of carbonyl (C=O) groups excluding carboxylic acids is 2. The third kappa shape index (κ3) is 34.6. The predicted molar refractivity (Wildman–Crippen MR) is 190 cm³/mol. The van der Waals surface area contributed by atoms with E-state index in [0.717, 1.165) is 51.4 Å². The minimum absolute atomic E-state index is 0.0963. The Labute approximate surface area is 283 Å². The van der Waals surface area contributed by atoms with Gasteiger partial charge in [-0.1, -0.05) is 119 Å². The van der Waals surface area contributed by atoms with Gasteiger partial charge in [0.25, 0.3) is 0 Å². The summed E-state index contributed by atoms with van der Waals surface area (Å²) >= 11 is 0. The zero-order chi connectivity index (χ0) is 34.9. The smallest absolute Gasteiger partial charge is 0.462 e. The topological polar surface area (TPSA) is 140 Å². The molecule has 0 aliphatic heterocycles. The van der Waals surface area contributed by atoms with Gasteiger partial charge in [0.15, 0.2) is 6.10 Å². The van der Waals surface area contributed by atoms with Crippen molar-refractivity contribution in [1.29, 1.82) is 0 Å². The first kappa shape index (κ1) is 44.5. The summed E-state index contributed by atoms with van der Waals surface area (Å²) in [5, 5.41) is 9.95. The summed E-state index contributed by atoms with van der Waals surface area (Å²) in [6, 6.07) is 0. The molecule has 0 aromatic heterocycles. The number of hydrogen-bond donors (Lipinski definition) is 3. The Balaban J connectivity index is 4.23. The largest absolute Gasteiger partial charge is 0.469 e. The summed E-state index contributed by atoms with van der Waals surface area (Å²) in [5.74, 6) is -1.01. The SMILES string of the molecule is CC/C=C\C/C=C\CC(O)/C=C/C=C\C/C=C\CCCC(=O)O[C@H](COC(=O)CCCCCCC/C=C\CCCC)COP(=O)(O)O. The molecule has 0 rings (SSSR count). The lowest BCUT2D eigenvalue weighted by Crippen LogP contribution is -2.29. The quantitative estimate of drug-likeness (QED) is 0.0223. The molecule has 0 amide bonds. The summed E-state index contributed by atoms with van der Waals surface area (Å²) in [4.78, 5) is 42.5. The van der Waals surface area contributed by atoms with Gasteiger partial charge in [0.2, 0.25) is 0 Å². The second-order valence-corrected chi connectivity index (χ2v) is 12.5. The fraction of sp³-hybridized carbons (Fsp3) is 0.622. The van der Waals surface area contributed by atoms with Crippen LogP contribution in [-0.2, 0) is 28.2 Å². The maximum Gasteiger partial charge on any atom is 0.469 e. The van der Waals surface area contributed by atoms with Gasteiger partial charge in [-0.3, -0.25) is 14.1 Å². The van der Waals surface area contributed by atoms with Crippen molar-refractivity contribution in [3.8, 4) is 0 Å². The maximum absolute atomic E-state index is 12.3. The Kier molecular flexibility index (Phi) is 30.3. The van der Waals surface area contributed by atoms with E-state index in [4.69, 9.17) is 19.3 Å². The van der Waals surface area contributed by atoms with E-state index in [1.165, 1.54) is 12.8 Å². The van der Waals surface area contributed by atoms with Crippen molar-refractivity contribution in [3.05, 3.63) is 72.9 Å². The molecule has 268 valence electrons. The Morgan fingerprint density at radius 3 is 2.04 bits per heavy atom. The highest BCUT2D eigenvalue weighted by atomic mass is 31.2. The molecule has 0 aliphatic rings. The van der Waals surface area contributed by atoms with Gasteiger partial charge in [0.1, 0.15) is 6.61 Å². The van der Waals surface area contributed by atoms with Crippen LogP contribution < -0.4 is 0 Å². The van der Waals surface area contributed by atoms with E-state index in [9.17, 15) is 19.3 Å². The van der Waals surface area contributed by atoms with Crippen molar-refractivity contribution in [1.82, 2.24) is 0 Å². The maximum atomic E-state index is 12.3. The van der Waals surface area contributed by atoms with E-state index in [1.807, 2.05) is 42.5 Å². The van der Waals surface area contributed by atoms with Crippen LogP contribution in [0.1, 0.15) is 123 Å². The van der Waals surface area contributed by atoms with Crippen molar-refractivity contribution >= 4 is 19.8 Å². The van der Waals surface area contributed by atoms with Crippen LogP contribution in [0.3, 0.4) is 0 Å². The number of rotatable bonds is 30. The minimum Gasteiger partial charge on any atom is -0.462 e. The molecule has 0 aliphatic carbocycles. The standard InChI is InChI=1S/C37H61O9P/c1-3-5-7-9-11-12-13-14-18-22-26-30-36(39)44-32-35(33-45-47(41,42)43)46-37(40)31-27-23-19-16-15-17-21-25-29-34(38)28-24-20-10-8-6-4-2/h6,8-9,11,16-17,19-21,24-25,29,34-35,38H,3-5,7,10,12-15,18,22-23,26-28,30-33H2,1-2H3,(H2,41,42,43)/b8-6-,11-9-,19-16-,21-17-,24-20-,29-25+/t34?,35-/m1/s1. The van der Waals surface area contributed by atoms with Crippen LogP contribution in [0.4, 0.5) is 0 Å². The van der Waals surface area contributed by atoms with Crippen molar-refractivity contribution in [2.45, 2.75) is 135 Å². The van der Waals surface area contributed by atoms with E-state index in [-0.39, 0.29) is 19.4 Å². The van der Waals surface area contributed by atoms with Gasteiger partial charge in [-0.05, 0) is 64.2 Å². The second-order valence-electron chi connectivity index (χ2n) is 11.3. The number of phosphoric ester groups is 1. The van der Waals surface area contributed by atoms with Crippen molar-refractivity contribution in [2.75, 3.05) is 13.2 Å². The number of ether oxygens (including phenoxy) is 2. The van der Waals surface area contributed by atoms with Gasteiger partial charge in [0, 0.05) is 12.8 Å². The van der Waals surface area contributed by atoms with Crippen LogP contribution in [0.25, 0.3) is 0 Å². The molecule has 0 heterocycles. The number of hydrogen-bond acceptors (Lipinski definition) is 7. The molecule has 1 unspecified atom stereocenters. The van der Waals surface area contributed by atoms with Crippen LogP contribution in [0.5, 0.6) is 0 Å². The predicted octanol–water partition coefficient (Wildman–Crippen LogP) is 8.92. The highest BCUT2D eigenvalue weighted by Crippen LogP contribution is 2.35. The van der Waals surface area contributed by atoms with Gasteiger partial charge in [-0.2, -0.15) is 0 Å². The van der Waals surface area contributed by atoms with E-state index < -0.39 is 38.6 Å². The molecule has 3 N–H and O–H groups in total. The second kappa shape index (κ2) is 32.0. The van der Waals surface area contributed by atoms with E-state index in [1.54, 1.807) is 6.08 Å². The molecule has 0 saturated heterocycles. The zero-order valence-corrected chi connectivity index (χ0v) is 29.7. The molecule has 0 bridgehead atoms. The first-order valence-electron chi connectivity index (χ1n) is 17.3. The summed E-state index contributed by atoms with van der Waals surface area (Å²) in [6.45, 7) is 3.36. The van der Waals surface area contributed by atoms with Gasteiger partial charge in [-0.25, -0.2) is 4.57 Å². The van der Waals surface area contributed by atoms with Crippen LogP contribution in [0.2, 0.25) is 0 Å². The number of allylic oxidation sites excluding steroid dienone is 10. The molecule has 47 heavy (non-hydrogen) atoms. The molecule has 9 nitrogen and oxygen atoms in total. The Bertz CT molecular complexity index is 1010. The molecule has 0 radical (unpaired) electrons. The van der Waals surface area contributed by atoms with Gasteiger partial charge in [-0.15, -0.1) is 0 Å². The molecule has 0 saturated carbocycles. The number of aliphatic hydroxyl groups excluding tert-OH is 1. The lowest BCUT2D eigenvalue weighted by atomic mass is 10.1. The Morgan fingerprint density at radius 2 is 1.30 bits per heavy atom. The Hall–Kier alpha value is -2.55. The lowest BCUT2D eigenvalue weighted by Gasteiger charge is -2.18. The minimum atomic E-state index is -4.78. The summed E-state index contributed by atoms with van der Waals surface area (Å²) < 4.78 is 26.1. The van der Waals surface area contributed by atoms with Crippen molar-refractivity contribution in [2.24, 2.45) is 0 Å². The summed E-state index contributed by atoms with van der Waals surface area (Å²) in [7, 11) is -4.78. The van der Waals surface area contributed by atoms with Crippen molar-refractivity contribution < 1.29 is 43.0 Å². The van der Waals surface area contributed by atoms with E-state index in [0.29, 0.717) is 32.1 Å². The third-order valence-corrected chi connectivity index (χ3v) is 7.27. The van der Waals surface area contributed by atoms with Crippen LogP contribution >= 0.6 is 7.82 Å². The molecule has 0 fully saturated rings. The highest BCUT2D eigenvalue weighted by Gasteiger charge is 2.22. The normalized spacial score (nSPS) is 14.1. The number of phosphoric acid groups is 1. The fourth-order valence-corrected chi connectivity index (χ4v) is 4.54. The number of unbranched alkanes of at least 4 members (excludes halogenated alkanes) is 8. The number of carbonyl (C=O) groups is 2. The molecule has 0 aromatic rings. The average Bonchev–Trinajstić information content (AvgIpc) is 3.03. The van der Waals surface area contributed by atoms with Crippen LogP contribution in [0, 0.1) is 0 Å². The van der Waals surface area contributed by atoms with Gasteiger partial charge in [0.05, 0.1) is 12.7 Å². The van der Waals surface area contributed by atoms with Gasteiger partial charge >= 0.3 is 19.8 Å². The summed E-state index contributed by atoms with van der Waals surface area (Å²) in [5.41, 5.74) is 0. The first-order chi connectivity index (χ1) is 22.7. The zero-order valence-electron chi connectivity index (χ0n) is 28.8. The molecular formula is C37H61O9P. The first-order valence-corrected chi connectivity index (χ1v) is 18.9. The van der Waals surface area contributed by atoms with Crippen LogP contribution in [-0.4, -0.2) is 52.3 Å². The molecule has 0 aromatic carbocycles. The number of aliphatic hydroxyl groups is 1. The molecular weight excluding hydrogens is 619 g/mol. The Morgan fingerprint density at radius 1 is 0.681 bits per heavy atom. The number of esters is 2. The molecule has 10 heteroatoms. The monoisotopic (exact) mass is 680 g/mol. The van der Waals surface area contributed by atoms with Gasteiger partial charge < -0.3 is 24.4 Å². The van der Waals surface area contributed by atoms with Crippen LogP contribution in [0.15, 0.2) is 72.9 Å². The highest BCUT2D eigenvalue weighted by molar-refractivity contribution is 7.46. The van der Waals surface area contributed by atoms with Crippen molar-refractivity contribution in [3.63, 3.8) is 0 Å². The average molecular weight is 681 g/mol. The molecule has 0 spiro atoms. The van der Waals surface area contributed by atoms with E-state index in [2.05, 4.69) is 42.7 Å². The third-order valence-electron chi connectivity index (χ3n) is 6.79. The lowest BCUT2D eigenvalue weighted by molar-refractivity contribution is -0.161. The summed E-state index contributed by atoms with van der Waals surface area (Å²) in [6.07, 6.45) is 36.6.